The van der Waals surface area contributed by atoms with E-state index in [-0.39, 0.29) is 0 Å². The Hall–Kier alpha value is 0.650. The van der Waals surface area contributed by atoms with Crippen LogP contribution in [0, 0.1) is 5.92 Å². The zero-order valence-electron chi connectivity index (χ0n) is 8.21. The van der Waals surface area contributed by atoms with Crippen molar-refractivity contribution in [2.75, 3.05) is 13.7 Å². The van der Waals surface area contributed by atoms with Gasteiger partial charge in [0.1, 0.15) is 23.0 Å². The van der Waals surface area contributed by atoms with Crippen LogP contribution in [-0.4, -0.2) is 30.6 Å². The van der Waals surface area contributed by atoms with Crippen LogP contribution in [0.25, 0.3) is 0 Å². The van der Waals surface area contributed by atoms with Crippen molar-refractivity contribution >= 4 is 23.0 Å². The Morgan fingerprint density at radius 1 is 1.38 bits per heavy atom. The van der Waals surface area contributed by atoms with E-state index in [4.69, 9.17) is 3.07 Å². The maximum absolute atomic E-state index is 5.23. The Morgan fingerprint density at radius 2 is 2.15 bits per heavy atom. The van der Waals surface area contributed by atoms with Gasteiger partial charge < -0.3 is 3.07 Å². The summed E-state index contributed by atoms with van der Waals surface area (Å²) < 4.78 is 5.23. The number of likely N-dealkylation sites (tertiary alicyclic amines) is 1. The van der Waals surface area contributed by atoms with Crippen LogP contribution in [0.4, 0.5) is 0 Å². The summed E-state index contributed by atoms with van der Waals surface area (Å²) in [6.45, 7) is 0.907. The van der Waals surface area contributed by atoms with Crippen molar-refractivity contribution in [3.63, 3.8) is 0 Å². The molecular formula is C10H18INO. The monoisotopic (exact) mass is 295 g/mol. The number of fused-ring (bicyclic) bond motifs is 1. The van der Waals surface area contributed by atoms with Gasteiger partial charge in [-0.25, -0.2) is 0 Å². The molecule has 1 saturated carbocycles. The van der Waals surface area contributed by atoms with Crippen molar-refractivity contribution in [3.8, 4) is 0 Å². The molecule has 1 aliphatic heterocycles. The highest BCUT2D eigenvalue weighted by Gasteiger charge is 2.39. The molecule has 0 spiro atoms. The first-order chi connectivity index (χ1) is 6.33. The minimum absolute atomic E-state index is 0.685. The molecule has 13 heavy (non-hydrogen) atoms. The van der Waals surface area contributed by atoms with Gasteiger partial charge in [0.25, 0.3) is 0 Å². The highest BCUT2D eigenvalue weighted by Crippen LogP contribution is 2.38. The third kappa shape index (κ3) is 2.02. The maximum Gasteiger partial charge on any atom is 0.109 e. The summed E-state index contributed by atoms with van der Waals surface area (Å²) in [6, 6.07) is 1.55. The molecule has 2 aliphatic rings. The molecule has 0 aromatic heterocycles. The van der Waals surface area contributed by atoms with Gasteiger partial charge in [-0.05, 0) is 32.2 Å². The highest BCUT2D eigenvalue weighted by atomic mass is 127. The molecule has 2 rings (SSSR count). The fraction of sp³-hybridized carbons (Fsp3) is 1.00. The van der Waals surface area contributed by atoms with Crippen molar-refractivity contribution in [1.82, 2.24) is 4.90 Å². The van der Waals surface area contributed by atoms with E-state index in [0.29, 0.717) is 6.04 Å². The molecule has 2 fully saturated rings. The van der Waals surface area contributed by atoms with E-state index in [2.05, 4.69) is 11.9 Å². The summed E-state index contributed by atoms with van der Waals surface area (Å²) in [5.41, 5.74) is 0. The maximum atomic E-state index is 5.23. The van der Waals surface area contributed by atoms with Gasteiger partial charge in [0.15, 0.2) is 0 Å². The largest absolute Gasteiger partial charge is 0.314 e. The van der Waals surface area contributed by atoms with Gasteiger partial charge in [-0.15, -0.1) is 0 Å². The SMILES string of the molecule is CN1C(COI)CC2CCCCC21. The van der Waals surface area contributed by atoms with Crippen LogP contribution in [0.5, 0.6) is 0 Å². The Balaban J connectivity index is 1.96. The minimum atomic E-state index is 0.685. The van der Waals surface area contributed by atoms with Crippen molar-refractivity contribution in [2.24, 2.45) is 5.92 Å². The second-order valence-electron chi connectivity index (χ2n) is 4.44. The third-order valence-corrected chi connectivity index (χ3v) is 4.16. The summed E-state index contributed by atoms with van der Waals surface area (Å²) in [6.07, 6.45) is 7.12. The first-order valence-corrected chi connectivity index (χ1v) is 6.16. The number of hydrogen-bond acceptors (Lipinski definition) is 2. The molecular weight excluding hydrogens is 277 g/mol. The van der Waals surface area contributed by atoms with Crippen LogP contribution in [0.15, 0.2) is 0 Å². The van der Waals surface area contributed by atoms with E-state index < -0.39 is 0 Å². The van der Waals surface area contributed by atoms with Crippen molar-refractivity contribution < 1.29 is 3.07 Å². The van der Waals surface area contributed by atoms with Gasteiger partial charge >= 0.3 is 0 Å². The van der Waals surface area contributed by atoms with Gasteiger partial charge in [-0.2, -0.15) is 0 Å². The molecule has 0 amide bonds. The van der Waals surface area contributed by atoms with E-state index in [1.54, 1.807) is 0 Å². The number of hydrogen-bond donors (Lipinski definition) is 0. The van der Waals surface area contributed by atoms with E-state index in [1.165, 1.54) is 32.1 Å². The van der Waals surface area contributed by atoms with Gasteiger partial charge in [-0.3, -0.25) is 4.90 Å². The number of nitrogens with zero attached hydrogens (tertiary/aromatic N) is 1. The summed E-state index contributed by atoms with van der Waals surface area (Å²) in [4.78, 5) is 2.56. The molecule has 3 atom stereocenters. The molecule has 2 nitrogen and oxygen atoms in total. The standard InChI is InChI=1S/C10H18INO/c1-12-9(7-13-11)6-8-4-2-3-5-10(8)12/h8-10H,2-7H2,1H3. The third-order valence-electron chi connectivity index (χ3n) is 3.80. The average Bonchev–Trinajstić information content (AvgIpc) is 2.46. The fourth-order valence-corrected chi connectivity index (χ4v) is 3.46. The smallest absolute Gasteiger partial charge is 0.109 e. The quantitative estimate of drug-likeness (QED) is 0.726. The predicted octanol–water partition coefficient (Wildman–Crippen LogP) is 2.62. The normalized spacial score (nSPS) is 40.6. The molecule has 0 aromatic rings. The van der Waals surface area contributed by atoms with E-state index in [9.17, 15) is 0 Å². The highest BCUT2D eigenvalue weighted by molar-refractivity contribution is 14.1. The van der Waals surface area contributed by atoms with Crippen molar-refractivity contribution in [2.45, 2.75) is 44.2 Å². The van der Waals surface area contributed by atoms with E-state index >= 15 is 0 Å². The second kappa shape index (κ2) is 4.45. The summed E-state index contributed by atoms with van der Waals surface area (Å²) >= 11 is 2.01. The average molecular weight is 295 g/mol. The minimum Gasteiger partial charge on any atom is -0.314 e. The Morgan fingerprint density at radius 3 is 2.85 bits per heavy atom. The molecule has 0 bridgehead atoms. The molecule has 1 aliphatic carbocycles. The number of likely N-dealkylation sites (N-methyl/N-ethyl adjacent to an activating group) is 1. The summed E-state index contributed by atoms with van der Waals surface area (Å²) in [5.74, 6) is 0.968. The van der Waals surface area contributed by atoms with Crippen LogP contribution in [0.1, 0.15) is 32.1 Å². The van der Waals surface area contributed by atoms with Crippen LogP contribution in [0.2, 0.25) is 0 Å². The zero-order chi connectivity index (χ0) is 9.26. The first kappa shape index (κ1) is 10.2. The topological polar surface area (TPSA) is 12.5 Å². The van der Waals surface area contributed by atoms with Gasteiger partial charge in [0.2, 0.25) is 0 Å². The van der Waals surface area contributed by atoms with Crippen molar-refractivity contribution in [3.05, 3.63) is 0 Å². The number of rotatable bonds is 2. The van der Waals surface area contributed by atoms with Gasteiger partial charge in [-0.1, -0.05) is 12.8 Å². The van der Waals surface area contributed by atoms with E-state index in [1.807, 2.05) is 23.0 Å². The molecule has 0 aromatic carbocycles. The molecule has 0 radical (unpaired) electrons. The lowest BCUT2D eigenvalue weighted by Gasteiger charge is -2.30. The van der Waals surface area contributed by atoms with E-state index in [0.717, 1.165) is 18.6 Å². The predicted molar refractivity (Wildman–Crippen MR) is 61.9 cm³/mol. The molecule has 0 N–H and O–H groups in total. The molecule has 1 heterocycles. The second-order valence-corrected chi connectivity index (χ2v) is 5.07. The summed E-state index contributed by atoms with van der Waals surface area (Å²) in [5, 5.41) is 0. The molecule has 3 unspecified atom stereocenters. The van der Waals surface area contributed by atoms with Gasteiger partial charge in [0.05, 0.1) is 6.61 Å². The lowest BCUT2D eigenvalue weighted by molar-refractivity contribution is 0.165. The van der Waals surface area contributed by atoms with Crippen LogP contribution >= 0.6 is 23.0 Å². The van der Waals surface area contributed by atoms with Crippen LogP contribution in [-0.2, 0) is 3.07 Å². The fourth-order valence-electron chi connectivity index (χ4n) is 3.04. The summed E-state index contributed by atoms with van der Waals surface area (Å²) in [7, 11) is 2.27. The zero-order valence-corrected chi connectivity index (χ0v) is 10.4. The van der Waals surface area contributed by atoms with Crippen molar-refractivity contribution in [1.29, 1.82) is 0 Å². The molecule has 76 valence electrons. The van der Waals surface area contributed by atoms with Crippen LogP contribution in [0.3, 0.4) is 0 Å². The first-order valence-electron chi connectivity index (χ1n) is 5.28. The number of halogens is 1. The van der Waals surface area contributed by atoms with Crippen LogP contribution < -0.4 is 0 Å². The lowest BCUT2D eigenvalue weighted by atomic mass is 9.85. The lowest BCUT2D eigenvalue weighted by Crippen LogP contribution is -2.36. The Bertz CT molecular complexity index is 176. The Kier molecular flexibility index (Phi) is 3.48. The molecule has 1 saturated heterocycles. The van der Waals surface area contributed by atoms with Gasteiger partial charge in [0, 0.05) is 12.1 Å². The Labute approximate surface area is 94.7 Å². The molecule has 3 heteroatoms.